The van der Waals surface area contributed by atoms with E-state index in [1.54, 1.807) is 12.1 Å². The minimum Gasteiger partial charge on any atom is -0.463 e. The third-order valence-electron chi connectivity index (χ3n) is 3.42. The number of aryl methyl sites for hydroxylation is 2. The van der Waals surface area contributed by atoms with Crippen molar-refractivity contribution in [2.24, 2.45) is 0 Å². The molecular formula is C17H17N3O3S2. The summed E-state index contributed by atoms with van der Waals surface area (Å²) < 4.78 is 10.9. The maximum Gasteiger partial charge on any atom is 0.373 e. The van der Waals surface area contributed by atoms with Crippen molar-refractivity contribution >= 4 is 39.9 Å². The van der Waals surface area contributed by atoms with Crippen LogP contribution in [0.2, 0.25) is 0 Å². The second kappa shape index (κ2) is 7.71. The van der Waals surface area contributed by atoms with Crippen molar-refractivity contribution in [2.75, 3.05) is 12.4 Å². The van der Waals surface area contributed by atoms with Crippen LogP contribution < -0.4 is 5.32 Å². The Morgan fingerprint density at radius 2 is 2.12 bits per heavy atom. The fraction of sp³-hybridized carbons (Fsp3) is 0.235. The number of hydrogen-bond donors (Lipinski definition) is 1. The monoisotopic (exact) mass is 375 g/mol. The van der Waals surface area contributed by atoms with E-state index in [-0.39, 0.29) is 5.76 Å². The molecule has 0 unspecified atom stereocenters. The zero-order chi connectivity index (χ0) is 17.8. The van der Waals surface area contributed by atoms with Crippen LogP contribution in [-0.4, -0.2) is 23.3 Å². The Labute approximate surface area is 153 Å². The molecule has 0 fully saturated rings. The fourth-order valence-electron chi connectivity index (χ4n) is 2.19. The van der Waals surface area contributed by atoms with Gasteiger partial charge in [0.2, 0.25) is 10.9 Å². The molecule has 8 heteroatoms. The first-order valence-electron chi connectivity index (χ1n) is 7.53. The Balaban J connectivity index is 1.60. The van der Waals surface area contributed by atoms with Crippen LogP contribution in [0.25, 0.3) is 0 Å². The number of esters is 1. The van der Waals surface area contributed by atoms with Crippen LogP contribution in [0.15, 0.2) is 39.1 Å². The SMILES string of the molecule is COC(=O)c1ccc(CSc2nnc(Nc3ccc(C)cc3C)s2)o1. The van der Waals surface area contributed by atoms with E-state index in [0.717, 1.165) is 20.7 Å². The number of methoxy groups -OCH3 is 1. The van der Waals surface area contributed by atoms with Gasteiger partial charge in [0.05, 0.1) is 12.9 Å². The van der Waals surface area contributed by atoms with Gasteiger partial charge in [-0.1, -0.05) is 40.8 Å². The molecule has 3 aromatic rings. The number of thioether (sulfide) groups is 1. The first-order chi connectivity index (χ1) is 12.0. The van der Waals surface area contributed by atoms with E-state index in [4.69, 9.17) is 4.42 Å². The fourth-order valence-corrected chi connectivity index (χ4v) is 3.84. The van der Waals surface area contributed by atoms with E-state index in [1.807, 2.05) is 6.07 Å². The summed E-state index contributed by atoms with van der Waals surface area (Å²) in [6, 6.07) is 9.58. The lowest BCUT2D eigenvalue weighted by Crippen LogP contribution is -1.98. The van der Waals surface area contributed by atoms with Crippen molar-refractivity contribution in [3.8, 4) is 0 Å². The number of carbonyl (C=O) groups is 1. The Kier molecular flexibility index (Phi) is 5.40. The Morgan fingerprint density at radius 3 is 2.88 bits per heavy atom. The zero-order valence-electron chi connectivity index (χ0n) is 14.0. The Bertz CT molecular complexity index is 889. The minimum absolute atomic E-state index is 0.201. The largest absolute Gasteiger partial charge is 0.463 e. The quantitative estimate of drug-likeness (QED) is 0.499. The van der Waals surface area contributed by atoms with Gasteiger partial charge in [-0.2, -0.15) is 0 Å². The molecule has 0 aliphatic heterocycles. The number of nitrogens with zero attached hydrogens (tertiary/aromatic N) is 2. The lowest BCUT2D eigenvalue weighted by molar-refractivity contribution is 0.0563. The van der Waals surface area contributed by atoms with Crippen molar-refractivity contribution in [1.82, 2.24) is 10.2 Å². The molecule has 0 saturated carbocycles. The molecule has 3 rings (SSSR count). The summed E-state index contributed by atoms with van der Waals surface area (Å²) in [7, 11) is 1.32. The number of nitrogens with one attached hydrogen (secondary N) is 1. The molecule has 0 bridgehead atoms. The minimum atomic E-state index is -0.480. The van der Waals surface area contributed by atoms with Crippen molar-refractivity contribution < 1.29 is 13.9 Å². The second-order valence-electron chi connectivity index (χ2n) is 5.36. The van der Waals surface area contributed by atoms with E-state index >= 15 is 0 Å². The first kappa shape index (κ1) is 17.5. The highest BCUT2D eigenvalue weighted by Crippen LogP contribution is 2.31. The summed E-state index contributed by atoms with van der Waals surface area (Å²) >= 11 is 2.98. The first-order valence-corrected chi connectivity index (χ1v) is 9.33. The Hall–Kier alpha value is -2.32. The maximum absolute atomic E-state index is 11.4. The van der Waals surface area contributed by atoms with Crippen molar-refractivity contribution in [2.45, 2.75) is 23.9 Å². The summed E-state index contributed by atoms with van der Waals surface area (Å²) in [6.45, 7) is 4.12. The average molecular weight is 375 g/mol. The summed E-state index contributed by atoms with van der Waals surface area (Å²) in [5.41, 5.74) is 3.41. The molecule has 2 heterocycles. The number of ether oxygens (including phenoxy) is 1. The van der Waals surface area contributed by atoms with Gasteiger partial charge in [0, 0.05) is 5.69 Å². The van der Waals surface area contributed by atoms with Crippen molar-refractivity contribution in [3.63, 3.8) is 0 Å². The molecule has 0 amide bonds. The van der Waals surface area contributed by atoms with E-state index in [2.05, 4.69) is 46.2 Å². The topological polar surface area (TPSA) is 77.2 Å². The smallest absolute Gasteiger partial charge is 0.373 e. The van der Waals surface area contributed by atoms with E-state index in [0.29, 0.717) is 11.5 Å². The van der Waals surface area contributed by atoms with E-state index < -0.39 is 5.97 Å². The number of carbonyl (C=O) groups excluding carboxylic acids is 1. The summed E-state index contributed by atoms with van der Waals surface area (Å²) in [5.74, 6) is 0.971. The molecule has 6 nitrogen and oxygen atoms in total. The normalized spacial score (nSPS) is 10.7. The lowest BCUT2D eigenvalue weighted by Gasteiger charge is -2.06. The number of furan rings is 1. The number of aromatic nitrogens is 2. The van der Waals surface area contributed by atoms with Gasteiger partial charge in [-0.25, -0.2) is 4.79 Å². The predicted molar refractivity (Wildman–Crippen MR) is 98.7 cm³/mol. The average Bonchev–Trinajstić information content (AvgIpc) is 3.24. The van der Waals surface area contributed by atoms with Gasteiger partial charge in [-0.15, -0.1) is 10.2 Å². The molecule has 0 spiro atoms. The van der Waals surface area contributed by atoms with Gasteiger partial charge in [0.1, 0.15) is 5.76 Å². The zero-order valence-corrected chi connectivity index (χ0v) is 15.7. The highest BCUT2D eigenvalue weighted by molar-refractivity contribution is 8.00. The molecule has 0 saturated heterocycles. The second-order valence-corrected chi connectivity index (χ2v) is 7.56. The predicted octanol–water partition coefficient (Wildman–Crippen LogP) is 4.57. The van der Waals surface area contributed by atoms with Crippen molar-refractivity contribution in [3.05, 3.63) is 53.0 Å². The van der Waals surface area contributed by atoms with Crippen LogP contribution >= 0.6 is 23.1 Å². The van der Waals surface area contributed by atoms with Gasteiger partial charge < -0.3 is 14.5 Å². The lowest BCUT2D eigenvalue weighted by atomic mass is 10.1. The molecular weight excluding hydrogens is 358 g/mol. The van der Waals surface area contributed by atoms with Gasteiger partial charge in [-0.3, -0.25) is 0 Å². The molecule has 0 aliphatic rings. The van der Waals surface area contributed by atoms with E-state index in [9.17, 15) is 4.79 Å². The Morgan fingerprint density at radius 1 is 1.28 bits per heavy atom. The highest BCUT2D eigenvalue weighted by Gasteiger charge is 2.12. The molecule has 0 radical (unpaired) electrons. The molecule has 0 atom stereocenters. The summed E-state index contributed by atoms with van der Waals surface area (Å²) in [6.07, 6.45) is 0. The van der Waals surface area contributed by atoms with Gasteiger partial charge in [-0.05, 0) is 37.6 Å². The van der Waals surface area contributed by atoms with Crippen LogP contribution in [0, 0.1) is 13.8 Å². The number of anilines is 2. The van der Waals surface area contributed by atoms with Crippen LogP contribution in [0.4, 0.5) is 10.8 Å². The third-order valence-corrected chi connectivity index (χ3v) is 5.41. The third kappa shape index (κ3) is 4.40. The molecule has 0 aliphatic carbocycles. The molecule has 1 aromatic carbocycles. The van der Waals surface area contributed by atoms with Gasteiger partial charge >= 0.3 is 5.97 Å². The molecule has 1 N–H and O–H groups in total. The standard InChI is InChI=1S/C17H17N3O3S2/c1-10-4-6-13(11(2)8-10)18-16-19-20-17(25-16)24-9-12-5-7-14(23-12)15(21)22-3/h4-8H,9H2,1-3H3,(H,18,19). The number of rotatable bonds is 6. The van der Waals surface area contributed by atoms with Crippen LogP contribution in [-0.2, 0) is 10.5 Å². The molecule has 130 valence electrons. The van der Waals surface area contributed by atoms with Crippen LogP contribution in [0.1, 0.15) is 27.4 Å². The summed E-state index contributed by atoms with van der Waals surface area (Å²) in [4.78, 5) is 11.4. The van der Waals surface area contributed by atoms with Gasteiger partial charge in [0.15, 0.2) is 4.34 Å². The van der Waals surface area contributed by atoms with Crippen molar-refractivity contribution in [1.29, 1.82) is 0 Å². The molecule has 2 aromatic heterocycles. The highest BCUT2D eigenvalue weighted by atomic mass is 32.2. The number of benzene rings is 1. The summed E-state index contributed by atoms with van der Waals surface area (Å²) in [5, 5.41) is 12.4. The van der Waals surface area contributed by atoms with E-state index in [1.165, 1.54) is 35.8 Å². The van der Waals surface area contributed by atoms with Crippen LogP contribution in [0.5, 0.6) is 0 Å². The molecule has 25 heavy (non-hydrogen) atoms. The van der Waals surface area contributed by atoms with Gasteiger partial charge in [0.25, 0.3) is 0 Å². The van der Waals surface area contributed by atoms with Crippen LogP contribution in [0.3, 0.4) is 0 Å². The maximum atomic E-state index is 11.4. The number of hydrogen-bond acceptors (Lipinski definition) is 8.